The maximum Gasteiger partial charge on any atom is 0.542 e. The highest BCUT2D eigenvalue weighted by atomic mass is 35.5. The summed E-state index contributed by atoms with van der Waals surface area (Å²) >= 11 is 10.7. The first-order valence-electron chi connectivity index (χ1n) is 7.16. The maximum absolute atomic E-state index is 11.0. The Kier molecular flexibility index (Phi) is 12.1. The van der Waals surface area contributed by atoms with Crippen LogP contribution >= 0.6 is 23.2 Å². The number of carbonyl (C=O) groups excluding carboxylic acids is 2. The molecule has 0 bridgehead atoms. The molecule has 0 amide bonds. The smallest absolute Gasteiger partial charge is 0.431 e. The summed E-state index contributed by atoms with van der Waals surface area (Å²) in [7, 11) is 0. The lowest BCUT2D eigenvalue weighted by atomic mass is 10.1. The SMILES string of the molecule is CC(C)(C#CC(C)(C)OOOC(=O)OCCCl)OOOC(=O)OCCCl. The van der Waals surface area contributed by atoms with Crippen molar-refractivity contribution in [2.75, 3.05) is 25.0 Å². The molecule has 0 aromatic carbocycles. The zero-order valence-corrected chi connectivity index (χ0v) is 16.2. The molecular formula is C14H20Cl2O10. The van der Waals surface area contributed by atoms with Gasteiger partial charge in [-0.2, -0.15) is 9.78 Å². The van der Waals surface area contributed by atoms with Crippen LogP contribution in [-0.2, 0) is 39.1 Å². The molecule has 0 fully saturated rings. The van der Waals surface area contributed by atoms with Crippen molar-refractivity contribution in [1.29, 1.82) is 0 Å². The predicted octanol–water partition coefficient (Wildman–Crippen LogP) is 3.06. The summed E-state index contributed by atoms with van der Waals surface area (Å²) in [5.41, 5.74) is -2.40. The number of hydrogen-bond acceptors (Lipinski definition) is 10. The Morgan fingerprint density at radius 1 is 0.769 bits per heavy atom. The molecule has 0 aliphatic carbocycles. The van der Waals surface area contributed by atoms with E-state index in [1.54, 1.807) is 0 Å². The van der Waals surface area contributed by atoms with Crippen LogP contribution in [0.3, 0.4) is 0 Å². The van der Waals surface area contributed by atoms with Gasteiger partial charge in [-0.1, -0.05) is 11.8 Å². The van der Waals surface area contributed by atoms with E-state index in [1.807, 2.05) is 0 Å². The third kappa shape index (κ3) is 13.8. The zero-order valence-electron chi connectivity index (χ0n) is 14.7. The molecule has 0 radical (unpaired) electrons. The van der Waals surface area contributed by atoms with Gasteiger partial charge in [0.2, 0.25) is 0 Å². The molecule has 0 aliphatic rings. The minimum absolute atomic E-state index is 0.0417. The van der Waals surface area contributed by atoms with Crippen LogP contribution in [0.15, 0.2) is 0 Å². The molecule has 0 saturated heterocycles. The van der Waals surface area contributed by atoms with Crippen LogP contribution < -0.4 is 0 Å². The van der Waals surface area contributed by atoms with E-state index in [4.69, 9.17) is 33.0 Å². The number of hydrogen-bond donors (Lipinski definition) is 0. The lowest BCUT2D eigenvalue weighted by Crippen LogP contribution is -2.27. The molecule has 0 aromatic heterocycles. The van der Waals surface area contributed by atoms with E-state index in [1.165, 1.54) is 27.7 Å². The number of rotatable bonds is 10. The monoisotopic (exact) mass is 418 g/mol. The Balaban J connectivity index is 4.27. The summed E-state index contributed by atoms with van der Waals surface area (Å²) in [4.78, 5) is 40.0. The average Bonchev–Trinajstić information content (AvgIpc) is 2.56. The Morgan fingerprint density at radius 3 is 1.42 bits per heavy atom. The van der Waals surface area contributed by atoms with Gasteiger partial charge in [0.15, 0.2) is 11.2 Å². The Hall–Kier alpha value is -1.48. The van der Waals surface area contributed by atoms with E-state index in [0.29, 0.717) is 0 Å². The molecule has 0 heterocycles. The largest absolute Gasteiger partial charge is 0.542 e. The quantitative estimate of drug-likeness (QED) is 0.172. The highest BCUT2D eigenvalue weighted by molar-refractivity contribution is 6.18. The van der Waals surface area contributed by atoms with Crippen LogP contribution in [0.5, 0.6) is 0 Å². The molecular weight excluding hydrogens is 399 g/mol. The van der Waals surface area contributed by atoms with E-state index in [9.17, 15) is 9.59 Å². The van der Waals surface area contributed by atoms with Crippen LogP contribution in [0, 0.1) is 11.8 Å². The van der Waals surface area contributed by atoms with Gasteiger partial charge in [-0.25, -0.2) is 19.4 Å². The highest BCUT2D eigenvalue weighted by Gasteiger charge is 2.23. The second-order valence-corrected chi connectivity index (χ2v) is 6.07. The normalized spacial score (nSPS) is 11.2. The van der Waals surface area contributed by atoms with Gasteiger partial charge in [0, 0.05) is 0 Å². The first kappa shape index (κ1) is 24.5. The van der Waals surface area contributed by atoms with Crippen molar-refractivity contribution in [3.63, 3.8) is 0 Å². The molecule has 0 atom stereocenters. The molecule has 0 aliphatic heterocycles. The van der Waals surface area contributed by atoms with Crippen molar-refractivity contribution < 1.29 is 48.7 Å². The van der Waals surface area contributed by atoms with E-state index < -0.39 is 23.5 Å². The van der Waals surface area contributed by atoms with Gasteiger partial charge >= 0.3 is 12.3 Å². The molecule has 0 saturated carbocycles. The molecule has 0 unspecified atom stereocenters. The van der Waals surface area contributed by atoms with Crippen LogP contribution in [0.1, 0.15) is 27.7 Å². The third-order valence-electron chi connectivity index (χ3n) is 1.95. The Bertz CT molecular complexity index is 456. The van der Waals surface area contributed by atoms with E-state index in [0.717, 1.165) is 0 Å². The summed E-state index contributed by atoms with van der Waals surface area (Å²) < 4.78 is 8.96. The maximum atomic E-state index is 11.0. The van der Waals surface area contributed by atoms with Crippen LogP contribution in [0.2, 0.25) is 0 Å². The van der Waals surface area contributed by atoms with Crippen molar-refractivity contribution in [3.8, 4) is 11.8 Å². The minimum Gasteiger partial charge on any atom is -0.431 e. The zero-order chi connectivity index (χ0) is 20.1. The van der Waals surface area contributed by atoms with Crippen molar-refractivity contribution >= 4 is 35.5 Å². The molecule has 0 spiro atoms. The van der Waals surface area contributed by atoms with Crippen molar-refractivity contribution in [2.45, 2.75) is 38.9 Å². The Morgan fingerprint density at radius 2 is 1.12 bits per heavy atom. The Labute approximate surface area is 160 Å². The molecule has 0 rings (SSSR count). The first-order valence-corrected chi connectivity index (χ1v) is 8.23. The first-order chi connectivity index (χ1) is 12.1. The van der Waals surface area contributed by atoms with Gasteiger partial charge in [-0.3, -0.25) is 0 Å². The van der Waals surface area contributed by atoms with E-state index in [-0.39, 0.29) is 25.0 Å². The highest BCUT2D eigenvalue weighted by Crippen LogP contribution is 2.13. The van der Waals surface area contributed by atoms with Crippen molar-refractivity contribution in [2.24, 2.45) is 0 Å². The van der Waals surface area contributed by atoms with Gasteiger partial charge in [0.25, 0.3) is 0 Å². The lowest BCUT2D eigenvalue weighted by molar-refractivity contribution is -0.510. The molecule has 0 N–H and O–H groups in total. The van der Waals surface area contributed by atoms with Gasteiger partial charge in [0.1, 0.15) is 13.2 Å². The molecule has 150 valence electrons. The van der Waals surface area contributed by atoms with E-state index >= 15 is 0 Å². The summed E-state index contributed by atoms with van der Waals surface area (Å²) in [6, 6.07) is 0. The van der Waals surface area contributed by atoms with Gasteiger partial charge in [0.05, 0.1) is 11.8 Å². The van der Waals surface area contributed by atoms with Crippen molar-refractivity contribution in [3.05, 3.63) is 0 Å². The molecule has 26 heavy (non-hydrogen) atoms. The van der Waals surface area contributed by atoms with Crippen LogP contribution in [0.4, 0.5) is 9.59 Å². The summed E-state index contributed by atoms with van der Waals surface area (Å²) in [6.45, 7) is 5.99. The predicted molar refractivity (Wildman–Crippen MR) is 86.6 cm³/mol. The standard InChI is InChI=1S/C14H20Cl2O10/c1-13(2,23-25-21-11(17)19-9-7-15)5-6-14(3,4)24-26-22-12(18)20-10-8-16/h7-10H2,1-4H3. The summed E-state index contributed by atoms with van der Waals surface area (Å²) in [5, 5.41) is 8.57. The number of halogens is 2. The fourth-order valence-electron chi connectivity index (χ4n) is 0.894. The lowest BCUT2D eigenvalue weighted by Gasteiger charge is -2.18. The average molecular weight is 419 g/mol. The van der Waals surface area contributed by atoms with Crippen LogP contribution in [-0.4, -0.2) is 48.5 Å². The van der Waals surface area contributed by atoms with Gasteiger partial charge < -0.3 is 9.47 Å². The van der Waals surface area contributed by atoms with Crippen LogP contribution in [0.25, 0.3) is 0 Å². The third-order valence-corrected chi connectivity index (χ3v) is 2.26. The topological polar surface area (TPSA) is 108 Å². The van der Waals surface area contributed by atoms with Crippen molar-refractivity contribution in [1.82, 2.24) is 0 Å². The number of carbonyl (C=O) groups is 2. The summed E-state index contributed by atoms with van der Waals surface area (Å²) in [6.07, 6.45) is -2.24. The van der Waals surface area contributed by atoms with Gasteiger partial charge in [-0.05, 0) is 37.8 Å². The second kappa shape index (κ2) is 12.8. The number of ether oxygens (including phenoxy) is 2. The molecule has 0 aromatic rings. The molecule has 10 nitrogen and oxygen atoms in total. The second-order valence-electron chi connectivity index (χ2n) is 5.31. The number of alkyl halides is 2. The fraction of sp³-hybridized carbons (Fsp3) is 0.714. The summed E-state index contributed by atoms with van der Waals surface area (Å²) in [5.74, 6) is 5.51. The van der Waals surface area contributed by atoms with E-state index in [2.05, 4.69) is 41.2 Å². The van der Waals surface area contributed by atoms with Gasteiger partial charge in [-0.15, -0.1) is 23.2 Å². The molecule has 12 heteroatoms. The fourth-order valence-corrected chi connectivity index (χ4v) is 1.05. The minimum atomic E-state index is -1.20.